The van der Waals surface area contributed by atoms with Gasteiger partial charge in [-0.2, -0.15) is 0 Å². The van der Waals surface area contributed by atoms with E-state index in [2.05, 4.69) is 15.0 Å². The van der Waals surface area contributed by atoms with Crippen LogP contribution in [0, 0.1) is 0 Å². The third-order valence-corrected chi connectivity index (χ3v) is 5.10. The zero-order valence-corrected chi connectivity index (χ0v) is 18.3. The lowest BCUT2D eigenvalue weighted by Crippen LogP contribution is -2.30. The fourth-order valence-corrected chi connectivity index (χ4v) is 3.44. The van der Waals surface area contributed by atoms with Gasteiger partial charge in [-0.05, 0) is 47.5 Å². The fraction of sp³-hybridized carbons (Fsp3) is 0.0833. The van der Waals surface area contributed by atoms with Crippen LogP contribution in [0.15, 0.2) is 73.2 Å². The molecule has 0 aliphatic carbocycles. The number of halogens is 1. The van der Waals surface area contributed by atoms with E-state index in [0.29, 0.717) is 17.1 Å². The molecule has 0 aliphatic rings. The van der Waals surface area contributed by atoms with E-state index in [4.69, 9.17) is 16.3 Å². The molecule has 0 aliphatic heterocycles. The molecule has 0 spiro atoms. The van der Waals surface area contributed by atoms with Gasteiger partial charge in [-0.3, -0.25) is 9.78 Å². The maximum Gasteiger partial charge on any atom is 0.262 e. The highest BCUT2D eigenvalue weighted by Crippen LogP contribution is 2.31. The maximum absolute atomic E-state index is 13.4. The first-order valence-electron chi connectivity index (χ1n) is 9.86. The minimum Gasteiger partial charge on any atom is -0.508 e. The zero-order chi connectivity index (χ0) is 23.4. The molecule has 0 saturated carbocycles. The Bertz CT molecular complexity index is 1280. The highest BCUT2D eigenvalue weighted by Gasteiger charge is 2.22. The second kappa shape index (κ2) is 9.54. The number of hydrogen-bond acceptors (Lipinski definition) is 7. The number of aromatic nitrogens is 3. The number of anilines is 1. The second-order valence-corrected chi connectivity index (χ2v) is 7.39. The van der Waals surface area contributed by atoms with E-state index < -0.39 is 5.91 Å². The van der Waals surface area contributed by atoms with Crippen LogP contribution in [-0.2, 0) is 6.54 Å². The van der Waals surface area contributed by atoms with Crippen LogP contribution in [0.1, 0.15) is 15.9 Å². The van der Waals surface area contributed by atoms with Crippen molar-refractivity contribution in [2.75, 3.05) is 12.0 Å². The highest BCUT2D eigenvalue weighted by molar-refractivity contribution is 6.28. The molecule has 0 unspecified atom stereocenters. The molecule has 166 valence electrons. The number of aromatic hydroxyl groups is 2. The van der Waals surface area contributed by atoms with Crippen LogP contribution in [0.25, 0.3) is 11.3 Å². The first-order chi connectivity index (χ1) is 16.0. The summed E-state index contributed by atoms with van der Waals surface area (Å²) in [5.41, 5.74) is 2.69. The predicted molar refractivity (Wildman–Crippen MR) is 124 cm³/mol. The fourth-order valence-electron chi connectivity index (χ4n) is 3.31. The van der Waals surface area contributed by atoms with Crippen LogP contribution < -0.4 is 9.64 Å². The predicted octanol–water partition coefficient (Wildman–Crippen LogP) is 4.46. The SMILES string of the molecule is COc1cnc(Cl)nc1-c1ccc(N(Cc2cccnc2)C(=O)c2ccc(O)cc2O)cc1. The molecule has 0 fully saturated rings. The number of hydrogen-bond donors (Lipinski definition) is 2. The summed E-state index contributed by atoms with van der Waals surface area (Å²) in [7, 11) is 1.52. The van der Waals surface area contributed by atoms with Gasteiger partial charge in [0.05, 0.1) is 25.4 Å². The van der Waals surface area contributed by atoms with E-state index in [0.717, 1.165) is 17.2 Å². The first-order valence-corrected chi connectivity index (χ1v) is 10.2. The number of nitrogens with zero attached hydrogens (tertiary/aromatic N) is 4. The molecular formula is C24H19ClN4O4. The van der Waals surface area contributed by atoms with E-state index in [9.17, 15) is 15.0 Å². The van der Waals surface area contributed by atoms with Crippen molar-refractivity contribution in [3.8, 4) is 28.5 Å². The third-order valence-electron chi connectivity index (χ3n) is 4.92. The van der Waals surface area contributed by atoms with Gasteiger partial charge >= 0.3 is 0 Å². The molecule has 33 heavy (non-hydrogen) atoms. The van der Waals surface area contributed by atoms with Crippen molar-refractivity contribution >= 4 is 23.2 Å². The van der Waals surface area contributed by atoms with E-state index in [1.165, 1.54) is 30.3 Å². The lowest BCUT2D eigenvalue weighted by molar-refractivity contribution is 0.0982. The number of amides is 1. The minimum absolute atomic E-state index is 0.0602. The minimum atomic E-state index is -0.438. The monoisotopic (exact) mass is 462 g/mol. The molecule has 0 radical (unpaired) electrons. The van der Waals surface area contributed by atoms with Crippen molar-refractivity contribution in [3.05, 3.63) is 89.6 Å². The molecule has 2 aromatic heterocycles. The molecule has 2 aromatic carbocycles. The smallest absolute Gasteiger partial charge is 0.262 e. The molecule has 2 N–H and O–H groups in total. The van der Waals surface area contributed by atoms with Crippen LogP contribution in [0.4, 0.5) is 5.69 Å². The number of carbonyl (C=O) groups excluding carboxylic acids is 1. The zero-order valence-electron chi connectivity index (χ0n) is 17.5. The topological polar surface area (TPSA) is 109 Å². The van der Waals surface area contributed by atoms with Crippen LogP contribution in [0.3, 0.4) is 0 Å². The van der Waals surface area contributed by atoms with E-state index >= 15 is 0 Å². The van der Waals surface area contributed by atoms with Crippen LogP contribution in [-0.4, -0.2) is 38.2 Å². The number of phenols is 2. The molecule has 1 amide bonds. The molecule has 0 bridgehead atoms. The second-order valence-electron chi connectivity index (χ2n) is 7.06. The van der Waals surface area contributed by atoms with Crippen LogP contribution >= 0.6 is 11.6 Å². The van der Waals surface area contributed by atoms with Crippen LogP contribution in [0.2, 0.25) is 5.28 Å². The summed E-state index contributed by atoms with van der Waals surface area (Å²) in [6, 6.07) is 14.6. The summed E-state index contributed by atoms with van der Waals surface area (Å²) in [6.45, 7) is 0.217. The van der Waals surface area contributed by atoms with Crippen molar-refractivity contribution in [2.24, 2.45) is 0 Å². The summed E-state index contributed by atoms with van der Waals surface area (Å²) < 4.78 is 5.33. The van der Waals surface area contributed by atoms with Gasteiger partial charge in [-0.15, -0.1) is 0 Å². The van der Waals surface area contributed by atoms with E-state index in [1.54, 1.807) is 42.7 Å². The lowest BCUT2D eigenvalue weighted by atomic mass is 10.1. The van der Waals surface area contributed by atoms with Crippen molar-refractivity contribution in [1.82, 2.24) is 15.0 Å². The van der Waals surface area contributed by atoms with Crippen molar-refractivity contribution < 1.29 is 19.7 Å². The highest BCUT2D eigenvalue weighted by atomic mass is 35.5. The maximum atomic E-state index is 13.4. The van der Waals surface area contributed by atoms with Gasteiger partial charge in [0.25, 0.3) is 5.91 Å². The van der Waals surface area contributed by atoms with Gasteiger partial charge in [0, 0.05) is 29.7 Å². The summed E-state index contributed by atoms with van der Waals surface area (Å²) in [6.07, 6.45) is 4.81. The molecule has 8 nitrogen and oxygen atoms in total. The number of methoxy groups -OCH3 is 1. The third kappa shape index (κ3) is 4.86. The Kier molecular flexibility index (Phi) is 6.37. The Morgan fingerprint density at radius 3 is 2.55 bits per heavy atom. The average Bonchev–Trinajstić information content (AvgIpc) is 2.83. The number of ether oxygens (including phenoxy) is 1. The Morgan fingerprint density at radius 2 is 1.88 bits per heavy atom. The molecule has 2 heterocycles. The summed E-state index contributed by atoms with van der Waals surface area (Å²) in [5.74, 6) is -0.422. The Hall–Kier alpha value is -4.17. The summed E-state index contributed by atoms with van der Waals surface area (Å²) >= 11 is 5.95. The van der Waals surface area contributed by atoms with Gasteiger partial charge in [-0.25, -0.2) is 9.97 Å². The number of pyridine rings is 1. The first kappa shape index (κ1) is 22.0. The van der Waals surface area contributed by atoms with Gasteiger partial charge in [0.15, 0.2) is 5.75 Å². The van der Waals surface area contributed by atoms with Gasteiger partial charge in [0.2, 0.25) is 5.28 Å². The standard InChI is InChI=1S/C24H19ClN4O4/c1-33-21-13-27-24(25)28-22(21)16-4-6-17(7-5-16)29(14-15-3-2-10-26-12-15)23(32)19-9-8-18(30)11-20(19)31/h2-13,30-31H,14H2,1H3. The Labute approximate surface area is 194 Å². The van der Waals surface area contributed by atoms with Gasteiger partial charge < -0.3 is 19.8 Å². The molecule has 0 saturated heterocycles. The summed E-state index contributed by atoms with van der Waals surface area (Å²) in [5, 5.41) is 19.9. The Balaban J connectivity index is 1.73. The molecule has 9 heteroatoms. The quantitative estimate of drug-likeness (QED) is 0.407. The summed E-state index contributed by atoms with van der Waals surface area (Å²) in [4.78, 5) is 27.2. The lowest BCUT2D eigenvalue weighted by Gasteiger charge is -2.24. The van der Waals surface area contributed by atoms with E-state index in [1.807, 2.05) is 6.07 Å². The molecular weight excluding hydrogens is 444 g/mol. The number of benzene rings is 2. The molecule has 4 aromatic rings. The van der Waals surface area contributed by atoms with Crippen molar-refractivity contribution in [1.29, 1.82) is 0 Å². The molecule has 4 rings (SSSR count). The number of phenolic OH excluding ortho intramolecular Hbond substituents is 2. The van der Waals surface area contributed by atoms with Gasteiger partial charge in [0.1, 0.15) is 17.2 Å². The van der Waals surface area contributed by atoms with Crippen molar-refractivity contribution in [2.45, 2.75) is 6.54 Å². The molecule has 0 atom stereocenters. The Morgan fingerprint density at radius 1 is 1.09 bits per heavy atom. The van der Waals surface area contributed by atoms with Crippen molar-refractivity contribution in [3.63, 3.8) is 0 Å². The largest absolute Gasteiger partial charge is 0.508 e. The number of rotatable bonds is 6. The normalized spacial score (nSPS) is 10.6. The van der Waals surface area contributed by atoms with E-state index in [-0.39, 0.29) is 28.9 Å². The van der Waals surface area contributed by atoms with Gasteiger partial charge in [-0.1, -0.05) is 18.2 Å². The average molecular weight is 463 g/mol. The number of carbonyl (C=O) groups is 1. The van der Waals surface area contributed by atoms with Crippen LogP contribution in [0.5, 0.6) is 17.2 Å².